The fourth-order valence-corrected chi connectivity index (χ4v) is 2.51. The first-order valence-corrected chi connectivity index (χ1v) is 5.40. The monoisotopic (exact) mass is 254 g/mol. The van der Waals surface area contributed by atoms with Crippen LogP contribution in [-0.4, -0.2) is 23.6 Å². The molecule has 0 amide bonds. The number of hydrogen-bond donors (Lipinski definition) is 2. The zero-order valence-corrected chi connectivity index (χ0v) is 8.30. The van der Waals surface area contributed by atoms with E-state index in [1.807, 2.05) is 0 Å². The summed E-state index contributed by atoms with van der Waals surface area (Å²) in [6.07, 6.45) is 2.62. The van der Waals surface area contributed by atoms with E-state index in [0.717, 1.165) is 12.5 Å². The van der Waals surface area contributed by atoms with Gasteiger partial charge in [0, 0.05) is 10.5 Å². The molecule has 0 saturated carbocycles. The van der Waals surface area contributed by atoms with Gasteiger partial charge in [0.1, 0.15) is 0 Å². The minimum Gasteiger partial charge on any atom is -0.330 e. The summed E-state index contributed by atoms with van der Waals surface area (Å²) < 4.78 is 1.19. The van der Waals surface area contributed by atoms with Crippen molar-refractivity contribution < 1.29 is 0 Å². The number of nitrogens with one attached hydrogen (secondary N) is 1. The van der Waals surface area contributed by atoms with Crippen LogP contribution in [0.2, 0.25) is 0 Å². The Morgan fingerprint density at radius 3 is 2.90 bits per heavy atom. The molecule has 0 spiro atoms. The first kappa shape index (κ1) is 8.74. The molecule has 2 nitrogen and oxygen atoms in total. The predicted molar refractivity (Wildman–Crippen MR) is 52.5 cm³/mol. The molecule has 0 radical (unpaired) electrons. The second kappa shape index (κ2) is 4.51. The first-order chi connectivity index (χ1) is 4.88. The molecular weight excluding hydrogens is 239 g/mol. The minimum atomic E-state index is 0.680. The Hall–Kier alpha value is 0.650. The van der Waals surface area contributed by atoms with Crippen LogP contribution in [0.25, 0.3) is 0 Å². The first-order valence-electron chi connectivity index (χ1n) is 3.88. The highest BCUT2D eigenvalue weighted by atomic mass is 127. The zero-order chi connectivity index (χ0) is 7.40. The van der Waals surface area contributed by atoms with Crippen molar-refractivity contribution in [2.45, 2.75) is 18.9 Å². The summed E-state index contributed by atoms with van der Waals surface area (Å²) in [6, 6.07) is 0.680. The molecule has 0 aromatic carbocycles. The largest absolute Gasteiger partial charge is 0.330 e. The van der Waals surface area contributed by atoms with Gasteiger partial charge in [-0.25, -0.2) is 0 Å². The maximum Gasteiger partial charge on any atom is 0.0197 e. The van der Waals surface area contributed by atoms with Crippen molar-refractivity contribution in [3.8, 4) is 0 Å². The lowest BCUT2D eigenvalue weighted by Crippen LogP contribution is -2.45. The molecule has 0 aromatic heterocycles. The van der Waals surface area contributed by atoms with E-state index in [1.165, 1.54) is 23.8 Å². The van der Waals surface area contributed by atoms with Crippen LogP contribution in [0, 0.1) is 5.92 Å². The van der Waals surface area contributed by atoms with Crippen LogP contribution in [0.1, 0.15) is 12.8 Å². The highest BCUT2D eigenvalue weighted by molar-refractivity contribution is 14.1. The predicted octanol–water partition coefficient (Wildman–Crippen LogP) is 0.748. The summed E-state index contributed by atoms with van der Waals surface area (Å²) in [6.45, 7) is 2.03. The van der Waals surface area contributed by atoms with E-state index in [9.17, 15) is 0 Å². The molecule has 1 aliphatic rings. The van der Waals surface area contributed by atoms with Gasteiger partial charge in [0.05, 0.1) is 0 Å². The molecule has 1 saturated heterocycles. The number of hydrogen-bond acceptors (Lipinski definition) is 2. The normalized spacial score (nSPS) is 34.2. The lowest BCUT2D eigenvalue weighted by molar-refractivity contribution is 0.310. The molecule has 3 N–H and O–H groups in total. The number of rotatable bonds is 2. The quantitative estimate of drug-likeness (QED) is 0.563. The molecule has 1 heterocycles. The molecule has 60 valence electrons. The summed E-state index contributed by atoms with van der Waals surface area (Å²) >= 11 is 2.43. The lowest BCUT2D eigenvalue weighted by Gasteiger charge is -2.30. The van der Waals surface area contributed by atoms with Gasteiger partial charge in [0.15, 0.2) is 0 Å². The Balaban J connectivity index is 2.34. The van der Waals surface area contributed by atoms with Gasteiger partial charge in [-0.1, -0.05) is 22.6 Å². The average molecular weight is 254 g/mol. The van der Waals surface area contributed by atoms with Crippen LogP contribution in [-0.2, 0) is 0 Å². The van der Waals surface area contributed by atoms with E-state index >= 15 is 0 Å². The summed E-state index contributed by atoms with van der Waals surface area (Å²) in [7, 11) is 0. The number of alkyl halides is 1. The second-order valence-electron chi connectivity index (χ2n) is 2.85. The van der Waals surface area contributed by atoms with Crippen molar-refractivity contribution in [3.05, 3.63) is 0 Å². The maximum atomic E-state index is 5.63. The van der Waals surface area contributed by atoms with E-state index in [4.69, 9.17) is 5.73 Å². The van der Waals surface area contributed by atoms with Gasteiger partial charge in [-0.15, -0.1) is 0 Å². The molecule has 2 unspecified atom stereocenters. The van der Waals surface area contributed by atoms with Crippen molar-refractivity contribution >= 4 is 22.6 Å². The zero-order valence-electron chi connectivity index (χ0n) is 6.15. The molecule has 1 rings (SSSR count). The third-order valence-corrected chi connectivity index (χ3v) is 3.15. The van der Waals surface area contributed by atoms with E-state index in [0.29, 0.717) is 6.04 Å². The summed E-state index contributed by atoms with van der Waals surface area (Å²) in [5.41, 5.74) is 5.63. The standard InChI is InChI=1S/C7H15IN2/c8-4-7-6(5-9)2-1-3-10-7/h6-7,10H,1-5,9H2. The van der Waals surface area contributed by atoms with Crippen LogP contribution < -0.4 is 11.1 Å². The Bertz CT molecular complexity index is 85.6. The minimum absolute atomic E-state index is 0.680. The third-order valence-electron chi connectivity index (χ3n) is 2.20. The molecule has 2 atom stereocenters. The van der Waals surface area contributed by atoms with Gasteiger partial charge in [-0.05, 0) is 31.8 Å². The molecule has 10 heavy (non-hydrogen) atoms. The average Bonchev–Trinajstić information content (AvgIpc) is 2.04. The smallest absolute Gasteiger partial charge is 0.0197 e. The van der Waals surface area contributed by atoms with Crippen LogP contribution in [0.15, 0.2) is 0 Å². The van der Waals surface area contributed by atoms with Crippen molar-refractivity contribution in [2.75, 3.05) is 17.5 Å². The number of halogens is 1. The fraction of sp³-hybridized carbons (Fsp3) is 1.00. The van der Waals surface area contributed by atoms with Gasteiger partial charge in [0.2, 0.25) is 0 Å². The van der Waals surface area contributed by atoms with Crippen molar-refractivity contribution in [1.29, 1.82) is 0 Å². The highest BCUT2D eigenvalue weighted by Crippen LogP contribution is 2.16. The Kier molecular flexibility index (Phi) is 3.95. The Labute approximate surface area is 76.1 Å². The summed E-state index contributed by atoms with van der Waals surface area (Å²) in [4.78, 5) is 0. The van der Waals surface area contributed by atoms with Crippen LogP contribution in [0.4, 0.5) is 0 Å². The molecular formula is C7H15IN2. The topological polar surface area (TPSA) is 38.0 Å². The number of nitrogens with two attached hydrogens (primary N) is 1. The molecule has 0 aliphatic carbocycles. The van der Waals surface area contributed by atoms with Crippen molar-refractivity contribution in [3.63, 3.8) is 0 Å². The fourth-order valence-electron chi connectivity index (χ4n) is 1.48. The van der Waals surface area contributed by atoms with Crippen molar-refractivity contribution in [2.24, 2.45) is 11.7 Å². The third kappa shape index (κ3) is 2.07. The molecule has 1 fully saturated rings. The van der Waals surface area contributed by atoms with Gasteiger partial charge >= 0.3 is 0 Å². The van der Waals surface area contributed by atoms with Gasteiger partial charge in [-0.3, -0.25) is 0 Å². The van der Waals surface area contributed by atoms with E-state index in [1.54, 1.807) is 0 Å². The molecule has 0 aromatic rings. The van der Waals surface area contributed by atoms with E-state index < -0.39 is 0 Å². The van der Waals surface area contributed by atoms with Crippen LogP contribution >= 0.6 is 22.6 Å². The molecule has 0 bridgehead atoms. The van der Waals surface area contributed by atoms with E-state index in [2.05, 4.69) is 27.9 Å². The SMILES string of the molecule is NCC1CCCNC1CI. The maximum absolute atomic E-state index is 5.63. The van der Waals surface area contributed by atoms with Crippen molar-refractivity contribution in [1.82, 2.24) is 5.32 Å². The molecule has 1 aliphatic heterocycles. The Morgan fingerprint density at radius 1 is 1.60 bits per heavy atom. The van der Waals surface area contributed by atoms with Gasteiger partial charge in [0.25, 0.3) is 0 Å². The summed E-state index contributed by atoms with van der Waals surface area (Å²) in [5, 5.41) is 3.48. The summed E-state index contributed by atoms with van der Waals surface area (Å²) in [5.74, 6) is 0.727. The van der Waals surface area contributed by atoms with Gasteiger partial charge in [-0.2, -0.15) is 0 Å². The van der Waals surface area contributed by atoms with Crippen LogP contribution in [0.3, 0.4) is 0 Å². The van der Waals surface area contributed by atoms with E-state index in [-0.39, 0.29) is 0 Å². The Morgan fingerprint density at radius 2 is 2.40 bits per heavy atom. The second-order valence-corrected chi connectivity index (χ2v) is 3.73. The molecule has 3 heteroatoms. The highest BCUT2D eigenvalue weighted by Gasteiger charge is 2.21. The number of piperidine rings is 1. The lowest BCUT2D eigenvalue weighted by atomic mass is 9.92. The van der Waals surface area contributed by atoms with Gasteiger partial charge < -0.3 is 11.1 Å². The van der Waals surface area contributed by atoms with Crippen LogP contribution in [0.5, 0.6) is 0 Å².